The van der Waals surface area contributed by atoms with E-state index in [0.717, 1.165) is 12.8 Å². The molecule has 0 atom stereocenters. The molecule has 1 aromatic rings. The Morgan fingerprint density at radius 2 is 2.10 bits per heavy atom. The fourth-order valence-electron chi connectivity index (χ4n) is 1.55. The Bertz CT molecular complexity index is 494. The molecule has 0 saturated carbocycles. The van der Waals surface area contributed by atoms with Crippen LogP contribution in [0.15, 0.2) is 22.7 Å². The van der Waals surface area contributed by atoms with Gasteiger partial charge in [0.15, 0.2) is 0 Å². The minimum atomic E-state index is -1.10. The van der Waals surface area contributed by atoms with Crippen molar-refractivity contribution in [3.63, 3.8) is 0 Å². The second kappa shape index (κ2) is 9.36. The van der Waals surface area contributed by atoms with Crippen molar-refractivity contribution in [1.82, 2.24) is 5.32 Å². The summed E-state index contributed by atoms with van der Waals surface area (Å²) in [4.78, 5) is 22.8. The molecule has 0 unspecified atom stereocenters. The molecule has 2 amide bonds. The fraction of sp³-hybridized carbons (Fsp3) is 0.429. The summed E-state index contributed by atoms with van der Waals surface area (Å²) in [5, 5.41) is 14.2. The van der Waals surface area contributed by atoms with Crippen molar-refractivity contribution < 1.29 is 19.4 Å². The largest absolute Gasteiger partial charge is 0.478 e. The maximum Gasteiger partial charge on any atom is 0.337 e. The molecule has 0 aliphatic carbocycles. The molecule has 3 N–H and O–H groups in total. The lowest BCUT2D eigenvalue weighted by atomic mass is 10.2. The smallest absolute Gasteiger partial charge is 0.337 e. The lowest BCUT2D eigenvalue weighted by molar-refractivity contribution is 0.0698. The number of hydrogen-bond acceptors (Lipinski definition) is 3. The number of halogens is 1. The molecule has 6 nitrogen and oxygen atoms in total. The van der Waals surface area contributed by atoms with Gasteiger partial charge in [-0.15, -0.1) is 0 Å². The van der Waals surface area contributed by atoms with E-state index in [0.29, 0.717) is 24.2 Å². The first kappa shape index (κ1) is 17.5. The number of carboxylic acids is 1. The van der Waals surface area contributed by atoms with E-state index in [9.17, 15) is 9.59 Å². The molecule has 0 bridgehead atoms. The van der Waals surface area contributed by atoms with Gasteiger partial charge in [-0.1, -0.05) is 29.3 Å². The third-order valence-electron chi connectivity index (χ3n) is 2.63. The average Bonchev–Trinajstić information content (AvgIpc) is 2.44. The molecule has 0 aromatic heterocycles. The number of hydrogen-bond donors (Lipinski definition) is 3. The van der Waals surface area contributed by atoms with E-state index in [2.05, 4.69) is 33.5 Å². The number of rotatable bonds is 8. The number of carbonyl (C=O) groups excluding carboxylic acids is 1. The summed E-state index contributed by atoms with van der Waals surface area (Å²) in [7, 11) is 0. The maximum absolute atomic E-state index is 11.7. The summed E-state index contributed by atoms with van der Waals surface area (Å²) >= 11 is 3.19. The predicted molar refractivity (Wildman–Crippen MR) is 83.8 cm³/mol. The number of nitrogens with one attached hydrogen (secondary N) is 2. The van der Waals surface area contributed by atoms with Crippen LogP contribution >= 0.6 is 15.9 Å². The fourth-order valence-corrected chi connectivity index (χ4v) is 1.92. The van der Waals surface area contributed by atoms with Gasteiger partial charge in [0, 0.05) is 17.6 Å². The second-order valence-electron chi connectivity index (χ2n) is 4.34. The quantitative estimate of drug-likeness (QED) is 0.623. The Morgan fingerprint density at radius 1 is 1.33 bits per heavy atom. The van der Waals surface area contributed by atoms with Gasteiger partial charge in [-0.25, -0.2) is 9.59 Å². The molecule has 7 heteroatoms. The number of amides is 2. The average molecular weight is 359 g/mol. The lowest BCUT2D eigenvalue weighted by Gasteiger charge is -2.10. The van der Waals surface area contributed by atoms with Crippen LogP contribution in [0.3, 0.4) is 0 Å². The number of urea groups is 1. The highest BCUT2D eigenvalue weighted by Gasteiger charge is 2.12. The Labute approximate surface area is 132 Å². The van der Waals surface area contributed by atoms with E-state index < -0.39 is 12.0 Å². The van der Waals surface area contributed by atoms with Crippen LogP contribution in [-0.2, 0) is 4.74 Å². The first-order valence-electron chi connectivity index (χ1n) is 6.70. The highest BCUT2D eigenvalue weighted by Crippen LogP contribution is 2.21. The van der Waals surface area contributed by atoms with Crippen LogP contribution in [0.2, 0.25) is 0 Å². The summed E-state index contributed by atoms with van der Waals surface area (Å²) in [6.07, 6.45) is 2.06. The molecule has 0 saturated heterocycles. The number of benzene rings is 1. The van der Waals surface area contributed by atoms with Crippen LogP contribution in [-0.4, -0.2) is 36.9 Å². The molecule has 0 heterocycles. The maximum atomic E-state index is 11.7. The van der Waals surface area contributed by atoms with Gasteiger partial charge in [0.05, 0.1) is 17.9 Å². The zero-order valence-electron chi connectivity index (χ0n) is 11.8. The van der Waals surface area contributed by atoms with Crippen LogP contribution in [0.4, 0.5) is 10.5 Å². The summed E-state index contributed by atoms with van der Waals surface area (Å²) in [5.41, 5.74) is 0.272. The molecule has 0 fully saturated rings. The monoisotopic (exact) mass is 358 g/mol. The van der Waals surface area contributed by atoms with Gasteiger partial charge in [0.1, 0.15) is 0 Å². The number of anilines is 1. The molecule has 0 spiro atoms. The van der Waals surface area contributed by atoms with Crippen LogP contribution in [0.25, 0.3) is 0 Å². The molecule has 116 valence electrons. The highest BCUT2D eigenvalue weighted by molar-refractivity contribution is 9.10. The van der Waals surface area contributed by atoms with Crippen LogP contribution in [0, 0.1) is 0 Å². The second-order valence-corrected chi connectivity index (χ2v) is 5.26. The number of unbranched alkanes of at least 4 members (excludes halogenated alkanes) is 1. The van der Waals surface area contributed by atoms with Crippen molar-refractivity contribution in [1.29, 1.82) is 0 Å². The first-order valence-corrected chi connectivity index (χ1v) is 7.49. The van der Waals surface area contributed by atoms with E-state index in [-0.39, 0.29) is 11.3 Å². The minimum absolute atomic E-state index is 0.0266. The van der Waals surface area contributed by atoms with Crippen LogP contribution < -0.4 is 10.6 Å². The van der Waals surface area contributed by atoms with Crippen molar-refractivity contribution in [2.24, 2.45) is 0 Å². The SMILES string of the molecule is CCCCOCCNC(=O)Nc1ccc(Br)cc1C(=O)O. The molecular weight excluding hydrogens is 340 g/mol. The first-order chi connectivity index (χ1) is 10.0. The Kier molecular flexibility index (Phi) is 7.78. The third-order valence-corrected chi connectivity index (χ3v) is 3.13. The topological polar surface area (TPSA) is 87.7 Å². The Hall–Kier alpha value is -1.60. The van der Waals surface area contributed by atoms with Gasteiger partial charge in [-0.05, 0) is 24.6 Å². The number of aromatic carboxylic acids is 1. The molecular formula is C14H19BrN2O4. The molecule has 0 aliphatic rings. The van der Waals surface area contributed by atoms with E-state index in [1.165, 1.54) is 12.1 Å². The third kappa shape index (κ3) is 6.59. The van der Waals surface area contributed by atoms with Crippen molar-refractivity contribution in [3.05, 3.63) is 28.2 Å². The Balaban J connectivity index is 2.43. The van der Waals surface area contributed by atoms with Gasteiger partial charge >= 0.3 is 12.0 Å². The summed E-state index contributed by atoms with van der Waals surface area (Å²) in [6, 6.07) is 4.17. The van der Waals surface area contributed by atoms with Gasteiger partial charge in [0.2, 0.25) is 0 Å². The van der Waals surface area contributed by atoms with Gasteiger partial charge in [0.25, 0.3) is 0 Å². The van der Waals surface area contributed by atoms with Crippen molar-refractivity contribution >= 4 is 33.6 Å². The van der Waals surface area contributed by atoms with Crippen molar-refractivity contribution in [3.8, 4) is 0 Å². The van der Waals surface area contributed by atoms with Gasteiger partial charge < -0.3 is 20.5 Å². The molecule has 1 rings (SSSR count). The zero-order valence-corrected chi connectivity index (χ0v) is 13.4. The summed E-state index contributed by atoms with van der Waals surface area (Å²) in [6.45, 7) is 3.55. The van der Waals surface area contributed by atoms with Crippen LogP contribution in [0.5, 0.6) is 0 Å². The standard InChI is InChI=1S/C14H19BrN2O4/c1-2-3-7-21-8-6-16-14(20)17-12-5-4-10(15)9-11(12)13(18)19/h4-5,9H,2-3,6-8H2,1H3,(H,18,19)(H2,16,17,20). The predicted octanol–water partition coefficient (Wildman–Crippen LogP) is 3.09. The van der Waals surface area contributed by atoms with Crippen molar-refractivity contribution in [2.45, 2.75) is 19.8 Å². The van der Waals surface area contributed by atoms with Gasteiger partial charge in [-0.3, -0.25) is 0 Å². The number of ether oxygens (including phenoxy) is 1. The highest BCUT2D eigenvalue weighted by atomic mass is 79.9. The van der Waals surface area contributed by atoms with E-state index in [1.807, 2.05) is 0 Å². The molecule has 0 aliphatic heterocycles. The van der Waals surface area contributed by atoms with E-state index in [1.54, 1.807) is 6.07 Å². The normalized spacial score (nSPS) is 10.2. The van der Waals surface area contributed by atoms with Crippen molar-refractivity contribution in [2.75, 3.05) is 25.1 Å². The molecule has 1 aromatic carbocycles. The minimum Gasteiger partial charge on any atom is -0.478 e. The number of carboxylic acid groups (broad SMARTS) is 1. The van der Waals surface area contributed by atoms with E-state index in [4.69, 9.17) is 9.84 Å². The summed E-state index contributed by atoms with van der Waals surface area (Å²) < 4.78 is 5.94. The number of carbonyl (C=O) groups is 2. The summed E-state index contributed by atoms with van der Waals surface area (Å²) in [5.74, 6) is -1.10. The molecule has 21 heavy (non-hydrogen) atoms. The Morgan fingerprint density at radius 3 is 2.76 bits per heavy atom. The zero-order chi connectivity index (χ0) is 15.7. The van der Waals surface area contributed by atoms with Crippen LogP contribution in [0.1, 0.15) is 30.1 Å². The lowest BCUT2D eigenvalue weighted by Crippen LogP contribution is -2.32. The molecule has 0 radical (unpaired) electrons. The van der Waals surface area contributed by atoms with Gasteiger partial charge in [-0.2, -0.15) is 0 Å². The van der Waals surface area contributed by atoms with E-state index >= 15 is 0 Å².